The second-order valence-electron chi connectivity index (χ2n) is 4.78. The molecule has 1 amide bonds. The van der Waals surface area contributed by atoms with Gasteiger partial charge in [0, 0.05) is 37.9 Å². The fourth-order valence-corrected chi connectivity index (χ4v) is 2.54. The predicted octanol–water partition coefficient (Wildman–Crippen LogP) is 1.48. The van der Waals surface area contributed by atoms with Crippen molar-refractivity contribution < 1.29 is 14.6 Å². The highest BCUT2D eigenvalue weighted by Crippen LogP contribution is 2.35. The Balaban J connectivity index is 3.54. The van der Waals surface area contributed by atoms with Crippen molar-refractivity contribution in [1.82, 2.24) is 5.32 Å². The summed E-state index contributed by atoms with van der Waals surface area (Å²) in [5.41, 5.74) is 3.87. The molecule has 25 heavy (non-hydrogen) atoms. The van der Waals surface area contributed by atoms with Crippen LogP contribution in [0.25, 0.3) is 0 Å². The fourth-order valence-electron chi connectivity index (χ4n) is 2.14. The standard InChI is InChI=1S/C13H17Cl2N5O5/c14-1-5-18(6-2-15)11-7-9(13(21)17-4-3-16)10(19(22)23)8-12(11)20(24)25/h7-8H,1-6,16H2,(H,17,21). The third-order valence-corrected chi connectivity index (χ3v) is 3.55. The lowest BCUT2D eigenvalue weighted by atomic mass is 10.1. The van der Waals surface area contributed by atoms with Crippen molar-refractivity contribution in [2.24, 2.45) is 5.73 Å². The van der Waals surface area contributed by atoms with Crippen LogP contribution in [0.15, 0.2) is 12.1 Å². The van der Waals surface area contributed by atoms with Crippen LogP contribution in [0.5, 0.6) is 0 Å². The number of hydrogen-bond acceptors (Lipinski definition) is 7. The van der Waals surface area contributed by atoms with Crippen molar-refractivity contribution in [3.63, 3.8) is 0 Å². The Morgan fingerprint density at radius 1 is 1.12 bits per heavy atom. The van der Waals surface area contributed by atoms with Gasteiger partial charge in [0.2, 0.25) is 0 Å². The van der Waals surface area contributed by atoms with Crippen LogP contribution < -0.4 is 16.0 Å². The SMILES string of the molecule is NCCNC(=O)c1cc(N(CCCl)CCCl)c([N+](=O)[O-])cc1[N+](=O)[O-]. The molecule has 0 aliphatic heterocycles. The number of carbonyl (C=O) groups is 1. The van der Waals surface area contributed by atoms with Crippen LogP contribution in [0.4, 0.5) is 17.1 Å². The summed E-state index contributed by atoms with van der Waals surface area (Å²) in [5.74, 6) is -0.440. The molecular formula is C13H17Cl2N5O5. The monoisotopic (exact) mass is 393 g/mol. The lowest BCUT2D eigenvalue weighted by Gasteiger charge is -2.23. The Hall–Kier alpha value is -2.17. The first-order valence-corrected chi connectivity index (χ1v) is 8.26. The smallest absolute Gasteiger partial charge is 0.299 e. The number of nitro benzene ring substituents is 2. The Morgan fingerprint density at radius 3 is 2.12 bits per heavy atom. The maximum absolute atomic E-state index is 12.2. The quantitative estimate of drug-likeness (QED) is 0.347. The number of nitrogens with two attached hydrogens (primary N) is 1. The molecule has 0 unspecified atom stereocenters. The molecule has 1 aromatic carbocycles. The number of nitro groups is 2. The maximum Gasteiger partial charge on any atom is 0.299 e. The van der Waals surface area contributed by atoms with Gasteiger partial charge in [-0.1, -0.05) is 0 Å². The first-order valence-electron chi connectivity index (χ1n) is 7.19. The Morgan fingerprint density at radius 2 is 1.68 bits per heavy atom. The fraction of sp³-hybridized carbons (Fsp3) is 0.462. The Labute approximate surface area is 153 Å². The number of carbonyl (C=O) groups excluding carboxylic acids is 1. The van der Waals surface area contributed by atoms with Crippen molar-refractivity contribution >= 4 is 46.2 Å². The molecule has 0 aromatic heterocycles. The maximum atomic E-state index is 12.2. The molecule has 1 aromatic rings. The molecule has 12 heteroatoms. The molecule has 0 saturated heterocycles. The van der Waals surface area contributed by atoms with E-state index in [1.807, 2.05) is 0 Å². The Bertz CT molecular complexity index is 652. The number of amides is 1. The minimum Gasteiger partial charge on any atom is -0.364 e. The lowest BCUT2D eigenvalue weighted by Crippen LogP contribution is -2.31. The number of anilines is 1. The second kappa shape index (κ2) is 9.97. The highest BCUT2D eigenvalue weighted by molar-refractivity contribution is 6.18. The average molecular weight is 394 g/mol. The molecule has 138 valence electrons. The van der Waals surface area contributed by atoms with Gasteiger partial charge in [-0.15, -0.1) is 23.2 Å². The van der Waals surface area contributed by atoms with Crippen molar-refractivity contribution in [2.75, 3.05) is 42.8 Å². The average Bonchev–Trinajstić information content (AvgIpc) is 2.58. The van der Waals surface area contributed by atoms with Crippen LogP contribution in [0.2, 0.25) is 0 Å². The number of benzene rings is 1. The number of hydrogen-bond donors (Lipinski definition) is 2. The molecule has 0 aliphatic rings. The van der Waals surface area contributed by atoms with E-state index in [1.165, 1.54) is 4.90 Å². The number of alkyl halides is 2. The molecule has 0 heterocycles. The van der Waals surface area contributed by atoms with E-state index in [4.69, 9.17) is 28.9 Å². The molecule has 3 N–H and O–H groups in total. The van der Waals surface area contributed by atoms with E-state index >= 15 is 0 Å². The molecule has 0 radical (unpaired) electrons. The summed E-state index contributed by atoms with van der Waals surface area (Å²) in [7, 11) is 0. The summed E-state index contributed by atoms with van der Waals surface area (Å²) in [5, 5.41) is 25.0. The Kier molecular flexibility index (Phi) is 8.32. The highest BCUT2D eigenvalue weighted by atomic mass is 35.5. The van der Waals surface area contributed by atoms with E-state index in [-0.39, 0.29) is 49.2 Å². The van der Waals surface area contributed by atoms with Gasteiger partial charge in [0.15, 0.2) is 0 Å². The topological polar surface area (TPSA) is 145 Å². The van der Waals surface area contributed by atoms with E-state index in [0.717, 1.165) is 12.1 Å². The summed E-state index contributed by atoms with van der Waals surface area (Å²) >= 11 is 11.4. The van der Waals surface area contributed by atoms with Gasteiger partial charge in [-0.3, -0.25) is 25.0 Å². The number of rotatable bonds is 10. The second-order valence-corrected chi connectivity index (χ2v) is 5.54. The van der Waals surface area contributed by atoms with Crippen LogP contribution in [0, 0.1) is 20.2 Å². The van der Waals surface area contributed by atoms with E-state index in [2.05, 4.69) is 5.32 Å². The largest absolute Gasteiger partial charge is 0.364 e. The van der Waals surface area contributed by atoms with Gasteiger partial charge in [0.1, 0.15) is 11.3 Å². The molecule has 0 bridgehead atoms. The van der Waals surface area contributed by atoms with Gasteiger partial charge in [0.05, 0.1) is 15.9 Å². The van der Waals surface area contributed by atoms with Crippen molar-refractivity contribution in [2.45, 2.75) is 0 Å². The first kappa shape index (κ1) is 20.9. The van der Waals surface area contributed by atoms with Crippen molar-refractivity contribution in [1.29, 1.82) is 0 Å². The zero-order valence-electron chi connectivity index (χ0n) is 13.1. The predicted molar refractivity (Wildman–Crippen MR) is 94.8 cm³/mol. The lowest BCUT2D eigenvalue weighted by molar-refractivity contribution is -0.393. The summed E-state index contributed by atoms with van der Waals surface area (Å²) in [6, 6.07) is 1.88. The third kappa shape index (κ3) is 5.41. The highest BCUT2D eigenvalue weighted by Gasteiger charge is 2.30. The molecule has 0 atom stereocenters. The summed E-state index contributed by atoms with van der Waals surface area (Å²) in [6.07, 6.45) is 0. The van der Waals surface area contributed by atoms with Gasteiger partial charge in [-0.05, 0) is 6.07 Å². The summed E-state index contributed by atoms with van der Waals surface area (Å²) < 4.78 is 0. The van der Waals surface area contributed by atoms with Crippen molar-refractivity contribution in [3.05, 3.63) is 37.9 Å². The van der Waals surface area contributed by atoms with Crippen LogP contribution in [0.1, 0.15) is 10.4 Å². The normalized spacial score (nSPS) is 10.4. The molecule has 0 saturated carbocycles. The van der Waals surface area contributed by atoms with Gasteiger partial charge < -0.3 is 16.0 Å². The van der Waals surface area contributed by atoms with E-state index in [0.29, 0.717) is 0 Å². The van der Waals surface area contributed by atoms with Crippen LogP contribution in [-0.2, 0) is 0 Å². The molecular weight excluding hydrogens is 377 g/mol. The van der Waals surface area contributed by atoms with E-state index in [1.54, 1.807) is 0 Å². The minimum absolute atomic E-state index is 0.0369. The zero-order chi connectivity index (χ0) is 19.0. The van der Waals surface area contributed by atoms with E-state index < -0.39 is 27.1 Å². The number of halogens is 2. The van der Waals surface area contributed by atoms with Crippen LogP contribution in [0.3, 0.4) is 0 Å². The number of nitrogens with one attached hydrogen (secondary N) is 1. The van der Waals surface area contributed by atoms with Gasteiger partial charge >= 0.3 is 0 Å². The first-order chi connectivity index (χ1) is 11.9. The molecule has 0 aliphatic carbocycles. The van der Waals surface area contributed by atoms with Crippen LogP contribution in [-0.4, -0.2) is 53.7 Å². The molecule has 10 nitrogen and oxygen atoms in total. The van der Waals surface area contributed by atoms with Gasteiger partial charge in [0.25, 0.3) is 17.3 Å². The third-order valence-electron chi connectivity index (χ3n) is 3.21. The summed E-state index contributed by atoms with van der Waals surface area (Å²) in [6.45, 7) is 0.687. The van der Waals surface area contributed by atoms with Crippen molar-refractivity contribution in [3.8, 4) is 0 Å². The van der Waals surface area contributed by atoms with Crippen LogP contribution >= 0.6 is 23.2 Å². The van der Waals surface area contributed by atoms with E-state index in [9.17, 15) is 25.0 Å². The molecule has 0 fully saturated rings. The number of nitrogens with zero attached hydrogens (tertiary/aromatic N) is 3. The summed E-state index contributed by atoms with van der Waals surface area (Å²) in [4.78, 5) is 34.7. The van der Waals surface area contributed by atoms with Gasteiger partial charge in [-0.2, -0.15) is 0 Å². The zero-order valence-corrected chi connectivity index (χ0v) is 14.6. The molecule has 0 spiro atoms. The molecule has 1 rings (SSSR count). The minimum atomic E-state index is -0.846. The van der Waals surface area contributed by atoms with Gasteiger partial charge in [-0.25, -0.2) is 0 Å².